The molecule has 0 aliphatic heterocycles. The van der Waals surface area contributed by atoms with Gasteiger partial charge in [-0.1, -0.05) is 30.3 Å². The van der Waals surface area contributed by atoms with Gasteiger partial charge >= 0.3 is 31.3 Å². The van der Waals surface area contributed by atoms with Gasteiger partial charge in [0, 0.05) is 0 Å². The summed E-state index contributed by atoms with van der Waals surface area (Å²) in [5.74, 6) is 0.00499. The Morgan fingerprint density at radius 3 is 1.90 bits per heavy atom. The average Bonchev–Trinajstić information content (AvgIpc) is 2.61. The van der Waals surface area contributed by atoms with Crippen LogP contribution >= 0.6 is 0 Å². The molecule has 1 unspecified atom stereocenters. The third kappa shape index (κ3) is 5.96. The largest absolute Gasteiger partial charge is 0.523 e. The van der Waals surface area contributed by atoms with Gasteiger partial charge < -0.3 is 4.74 Å². The van der Waals surface area contributed by atoms with E-state index in [0.717, 1.165) is 5.39 Å². The van der Waals surface area contributed by atoms with Crippen LogP contribution in [0.1, 0.15) is 0 Å². The number of alkyl halides is 6. The molecule has 0 aliphatic carbocycles. The van der Waals surface area contributed by atoms with Crippen molar-refractivity contribution < 1.29 is 56.3 Å². The number of hydrogen-bond acceptors (Lipinski definition) is 7. The summed E-state index contributed by atoms with van der Waals surface area (Å²) in [6.45, 7) is -2.77. The van der Waals surface area contributed by atoms with Gasteiger partial charge in [-0.2, -0.15) is 43.2 Å². The molecule has 2 aromatic carbocycles. The van der Waals surface area contributed by atoms with Gasteiger partial charge in [-0.25, -0.2) is 0 Å². The minimum absolute atomic E-state index is 0.00499. The van der Waals surface area contributed by atoms with E-state index in [9.17, 15) is 43.2 Å². The molecule has 0 fully saturated rings. The molecule has 0 aromatic heterocycles. The van der Waals surface area contributed by atoms with Crippen LogP contribution < -0.4 is 4.74 Å². The second-order valence-corrected chi connectivity index (χ2v) is 8.79. The fourth-order valence-electron chi connectivity index (χ4n) is 2.02. The van der Waals surface area contributed by atoms with Crippen LogP contribution in [0.4, 0.5) is 26.3 Å². The standard InChI is InChI=1S/C15H12F6O7S2/c16-14(17,18)29(22,23)27-9-13(28-30(24,25)15(19,20)21)8-26-12-6-5-10-3-1-2-4-11(10)7-12/h1-7,13H,8-9H2. The van der Waals surface area contributed by atoms with Gasteiger partial charge in [-0.15, -0.1) is 0 Å². The second kappa shape index (κ2) is 8.56. The average molecular weight is 482 g/mol. The van der Waals surface area contributed by atoms with Gasteiger partial charge in [0.05, 0.1) is 6.61 Å². The van der Waals surface area contributed by atoms with Crippen molar-refractivity contribution in [1.82, 2.24) is 0 Å². The quantitative estimate of drug-likeness (QED) is 0.324. The fourth-order valence-corrected chi connectivity index (χ4v) is 3.06. The number of halogens is 6. The minimum atomic E-state index is -6.28. The summed E-state index contributed by atoms with van der Waals surface area (Å²) in [5.41, 5.74) is -11.8. The SMILES string of the molecule is O=S(=O)(OCC(COc1ccc2ccccc2c1)OS(=O)(=O)C(F)(F)F)C(F)(F)F. The molecule has 0 spiro atoms. The van der Waals surface area contributed by atoms with E-state index in [0.29, 0.717) is 5.39 Å². The van der Waals surface area contributed by atoms with Crippen molar-refractivity contribution in [3.63, 3.8) is 0 Å². The molecular formula is C15H12F6O7S2. The van der Waals surface area contributed by atoms with Crippen molar-refractivity contribution in [2.75, 3.05) is 13.2 Å². The normalized spacial score (nSPS) is 14.6. The molecule has 0 bridgehead atoms. The third-order valence-electron chi connectivity index (χ3n) is 3.40. The van der Waals surface area contributed by atoms with E-state index in [1.807, 2.05) is 0 Å². The molecular weight excluding hydrogens is 470 g/mol. The fraction of sp³-hybridized carbons (Fsp3) is 0.333. The Labute approximate surface area is 166 Å². The Balaban J connectivity index is 2.19. The smallest absolute Gasteiger partial charge is 0.491 e. The van der Waals surface area contributed by atoms with Crippen LogP contribution in [0.5, 0.6) is 5.75 Å². The summed E-state index contributed by atoms with van der Waals surface area (Å²) in [7, 11) is -12.5. The first kappa shape index (κ1) is 24.2. The first-order chi connectivity index (χ1) is 13.6. The minimum Gasteiger partial charge on any atom is -0.491 e. The third-order valence-corrected chi connectivity index (χ3v) is 5.50. The predicted octanol–water partition coefficient (Wildman–Crippen LogP) is 3.32. The molecule has 30 heavy (non-hydrogen) atoms. The van der Waals surface area contributed by atoms with E-state index in [1.54, 1.807) is 30.3 Å². The van der Waals surface area contributed by atoms with Gasteiger partial charge in [0.1, 0.15) is 18.5 Å². The summed E-state index contributed by atoms with van der Waals surface area (Å²) in [6.07, 6.45) is -2.36. The van der Waals surface area contributed by atoms with E-state index in [2.05, 4.69) is 8.37 Å². The lowest BCUT2D eigenvalue weighted by atomic mass is 10.1. The Bertz CT molecular complexity index is 1090. The molecule has 15 heteroatoms. The van der Waals surface area contributed by atoms with Crippen LogP contribution in [0, 0.1) is 0 Å². The summed E-state index contributed by atoms with van der Waals surface area (Å²) in [6, 6.07) is 11.1. The van der Waals surface area contributed by atoms with E-state index < -0.39 is 50.6 Å². The van der Waals surface area contributed by atoms with Gasteiger partial charge in [0.15, 0.2) is 0 Å². The van der Waals surface area contributed by atoms with E-state index in [1.165, 1.54) is 12.1 Å². The van der Waals surface area contributed by atoms with Crippen molar-refractivity contribution in [3.05, 3.63) is 42.5 Å². The van der Waals surface area contributed by atoms with Crippen LogP contribution in [0.3, 0.4) is 0 Å². The molecule has 168 valence electrons. The summed E-state index contributed by atoms with van der Waals surface area (Å²) in [4.78, 5) is 0. The highest BCUT2D eigenvalue weighted by Gasteiger charge is 2.50. The van der Waals surface area contributed by atoms with E-state index >= 15 is 0 Å². The lowest BCUT2D eigenvalue weighted by molar-refractivity contribution is -0.0650. The molecule has 7 nitrogen and oxygen atoms in total. The Hall–Kier alpha value is -2.10. The molecule has 0 aliphatic rings. The van der Waals surface area contributed by atoms with Crippen LogP contribution in [-0.4, -0.2) is 47.2 Å². The molecule has 0 radical (unpaired) electrons. The molecule has 1 atom stereocenters. The van der Waals surface area contributed by atoms with Gasteiger partial charge in [-0.3, -0.25) is 8.37 Å². The van der Waals surface area contributed by atoms with Crippen molar-refractivity contribution in [1.29, 1.82) is 0 Å². The number of hydrogen-bond donors (Lipinski definition) is 0. The zero-order valence-corrected chi connectivity index (χ0v) is 16.1. The zero-order chi connectivity index (χ0) is 22.8. The molecule has 0 N–H and O–H groups in total. The zero-order valence-electron chi connectivity index (χ0n) is 14.5. The highest BCUT2D eigenvalue weighted by atomic mass is 32.2. The predicted molar refractivity (Wildman–Crippen MR) is 90.2 cm³/mol. The number of rotatable bonds is 8. The molecule has 0 amide bonds. The van der Waals surface area contributed by atoms with Crippen molar-refractivity contribution in [3.8, 4) is 5.75 Å². The van der Waals surface area contributed by atoms with Crippen molar-refractivity contribution in [2.45, 2.75) is 17.1 Å². The summed E-state index contributed by atoms with van der Waals surface area (Å²) < 4.78 is 131. The van der Waals surface area contributed by atoms with Crippen LogP contribution in [-0.2, 0) is 28.6 Å². The Kier molecular flexibility index (Phi) is 6.90. The molecule has 0 heterocycles. The maximum Gasteiger partial charge on any atom is 0.523 e. The number of benzene rings is 2. The molecule has 0 saturated heterocycles. The van der Waals surface area contributed by atoms with Crippen molar-refractivity contribution >= 4 is 31.0 Å². The maximum atomic E-state index is 12.5. The van der Waals surface area contributed by atoms with Crippen LogP contribution in [0.2, 0.25) is 0 Å². The lowest BCUT2D eigenvalue weighted by Gasteiger charge is -2.19. The number of ether oxygens (including phenoxy) is 1. The van der Waals surface area contributed by atoms with E-state index in [-0.39, 0.29) is 5.75 Å². The summed E-state index contributed by atoms with van der Waals surface area (Å²) in [5, 5.41) is 1.39. The lowest BCUT2D eigenvalue weighted by Crippen LogP contribution is -2.37. The van der Waals surface area contributed by atoms with Gasteiger partial charge in [-0.05, 0) is 22.9 Å². The topological polar surface area (TPSA) is 96.0 Å². The first-order valence-corrected chi connectivity index (χ1v) is 10.5. The van der Waals surface area contributed by atoms with Crippen molar-refractivity contribution in [2.24, 2.45) is 0 Å². The highest BCUT2D eigenvalue weighted by molar-refractivity contribution is 7.88. The van der Waals surface area contributed by atoms with Crippen LogP contribution in [0.25, 0.3) is 10.8 Å². The number of fused-ring (bicyclic) bond motifs is 1. The van der Waals surface area contributed by atoms with Gasteiger partial charge in [0.2, 0.25) is 0 Å². The molecule has 0 saturated carbocycles. The van der Waals surface area contributed by atoms with E-state index in [4.69, 9.17) is 4.74 Å². The Morgan fingerprint density at radius 2 is 1.33 bits per heavy atom. The highest BCUT2D eigenvalue weighted by Crippen LogP contribution is 2.28. The molecule has 2 aromatic rings. The van der Waals surface area contributed by atoms with Gasteiger partial charge in [0.25, 0.3) is 0 Å². The molecule has 2 rings (SSSR count). The first-order valence-electron chi connectivity index (χ1n) is 7.69. The van der Waals surface area contributed by atoms with Crippen LogP contribution in [0.15, 0.2) is 42.5 Å². The maximum absolute atomic E-state index is 12.5. The Morgan fingerprint density at radius 1 is 0.767 bits per heavy atom. The summed E-state index contributed by atoms with van der Waals surface area (Å²) >= 11 is 0. The monoisotopic (exact) mass is 482 g/mol. The second-order valence-electron chi connectivity index (χ2n) is 5.62.